The van der Waals surface area contributed by atoms with Crippen LogP contribution in [0.15, 0.2) is 29.8 Å². The number of aryl methyl sites for hydroxylation is 2. The highest BCUT2D eigenvalue weighted by atomic mass is 32.1. The first-order valence-corrected chi connectivity index (χ1v) is 9.46. The molecule has 1 aliphatic rings. The van der Waals surface area contributed by atoms with Crippen LogP contribution in [0.3, 0.4) is 0 Å². The van der Waals surface area contributed by atoms with Crippen molar-refractivity contribution in [1.29, 1.82) is 0 Å². The molecule has 1 N–H and O–H groups in total. The molecule has 1 atom stereocenters. The molecule has 5 heteroatoms. The monoisotopic (exact) mass is 343 g/mol. The average molecular weight is 343 g/mol. The summed E-state index contributed by atoms with van der Waals surface area (Å²) in [6, 6.07) is 6.08. The predicted octanol–water partition coefficient (Wildman–Crippen LogP) is 4.31. The van der Waals surface area contributed by atoms with Gasteiger partial charge in [-0.05, 0) is 54.3 Å². The Morgan fingerprint density at radius 3 is 2.96 bits per heavy atom. The molecule has 0 saturated carbocycles. The lowest BCUT2D eigenvalue weighted by Crippen LogP contribution is -2.43. The van der Waals surface area contributed by atoms with E-state index in [1.165, 1.54) is 10.4 Å². The van der Waals surface area contributed by atoms with Gasteiger partial charge in [0.05, 0.1) is 11.7 Å². The first kappa shape index (κ1) is 17.0. The maximum Gasteiger partial charge on any atom is 0.318 e. The molecular weight excluding hydrogens is 318 g/mol. The molecule has 2 aromatic heterocycles. The van der Waals surface area contributed by atoms with Crippen LogP contribution in [0.1, 0.15) is 48.0 Å². The molecule has 1 aliphatic heterocycles. The van der Waals surface area contributed by atoms with E-state index in [2.05, 4.69) is 35.6 Å². The molecule has 4 nitrogen and oxygen atoms in total. The summed E-state index contributed by atoms with van der Waals surface area (Å²) < 4.78 is 0. The number of aromatic nitrogens is 1. The lowest BCUT2D eigenvalue weighted by atomic mass is 9.97. The molecule has 3 rings (SSSR count). The highest BCUT2D eigenvalue weighted by Gasteiger charge is 2.25. The van der Waals surface area contributed by atoms with Crippen LogP contribution in [0.2, 0.25) is 0 Å². The molecule has 0 unspecified atom stereocenters. The van der Waals surface area contributed by atoms with Gasteiger partial charge in [-0.25, -0.2) is 4.79 Å². The van der Waals surface area contributed by atoms with Gasteiger partial charge in [0.25, 0.3) is 0 Å². The number of carbonyl (C=O) groups is 1. The van der Waals surface area contributed by atoms with E-state index in [0.29, 0.717) is 6.54 Å². The lowest BCUT2D eigenvalue weighted by molar-refractivity contribution is 0.187. The minimum absolute atomic E-state index is 0.0119. The van der Waals surface area contributed by atoms with Gasteiger partial charge in [-0.15, -0.1) is 11.3 Å². The van der Waals surface area contributed by atoms with Crippen molar-refractivity contribution in [1.82, 2.24) is 15.2 Å². The van der Waals surface area contributed by atoms with E-state index >= 15 is 0 Å². The summed E-state index contributed by atoms with van der Waals surface area (Å²) in [5.74, 6) is 0.284. The first-order chi connectivity index (χ1) is 11.6. The summed E-state index contributed by atoms with van der Waals surface area (Å²) in [5, 5.41) is 5.35. The summed E-state index contributed by atoms with van der Waals surface area (Å²) in [4.78, 5) is 20.7. The first-order valence-electron chi connectivity index (χ1n) is 8.58. The number of thiophene rings is 1. The number of pyridine rings is 1. The SMILES string of the molecule is Cc1cccnc1[C@H](NC(=O)N1CCCc2sccc2C1)C(C)C. The van der Waals surface area contributed by atoms with E-state index in [1.54, 1.807) is 17.5 Å². The molecule has 2 amide bonds. The number of hydrogen-bond donors (Lipinski definition) is 1. The number of nitrogens with one attached hydrogen (secondary N) is 1. The number of carbonyl (C=O) groups excluding carboxylic acids is 1. The Balaban J connectivity index is 1.76. The van der Waals surface area contributed by atoms with Gasteiger partial charge in [0.2, 0.25) is 0 Å². The van der Waals surface area contributed by atoms with Gasteiger partial charge in [-0.1, -0.05) is 19.9 Å². The second-order valence-corrected chi connectivity index (χ2v) is 7.77. The standard InChI is InChI=1S/C19H25N3OS/c1-13(2)17(18-14(3)6-4-9-20-18)21-19(23)22-10-5-7-16-15(12-22)8-11-24-16/h4,6,8-9,11,13,17H,5,7,10,12H2,1-3H3,(H,21,23)/t17-/m1/s1. The molecule has 0 fully saturated rings. The number of urea groups is 1. The van der Waals surface area contributed by atoms with Crippen LogP contribution in [0, 0.1) is 12.8 Å². The van der Waals surface area contributed by atoms with Crippen LogP contribution in [-0.4, -0.2) is 22.5 Å². The second kappa shape index (κ2) is 7.34. The Hall–Kier alpha value is -1.88. The Morgan fingerprint density at radius 2 is 2.21 bits per heavy atom. The van der Waals surface area contributed by atoms with Crippen LogP contribution in [0.25, 0.3) is 0 Å². The fourth-order valence-corrected chi connectivity index (χ4v) is 4.16. The van der Waals surface area contributed by atoms with Crippen molar-refractivity contribution in [2.75, 3.05) is 6.54 Å². The van der Waals surface area contributed by atoms with Crippen LogP contribution in [-0.2, 0) is 13.0 Å². The molecule has 2 aromatic rings. The molecule has 0 aromatic carbocycles. The molecule has 0 saturated heterocycles. The zero-order chi connectivity index (χ0) is 17.1. The van der Waals surface area contributed by atoms with Crippen LogP contribution in [0.5, 0.6) is 0 Å². The molecule has 0 bridgehead atoms. The summed E-state index contributed by atoms with van der Waals surface area (Å²) in [6.45, 7) is 7.81. The van der Waals surface area contributed by atoms with E-state index in [0.717, 1.165) is 30.6 Å². The molecule has 3 heterocycles. The molecule has 24 heavy (non-hydrogen) atoms. The second-order valence-electron chi connectivity index (χ2n) is 6.77. The third-order valence-corrected chi connectivity index (χ3v) is 5.63. The summed E-state index contributed by atoms with van der Waals surface area (Å²) in [5.41, 5.74) is 3.38. The fourth-order valence-electron chi connectivity index (χ4n) is 3.21. The minimum atomic E-state index is -0.0658. The third-order valence-electron chi connectivity index (χ3n) is 4.61. The van der Waals surface area contributed by atoms with Crippen molar-refractivity contribution in [2.45, 2.75) is 46.2 Å². The van der Waals surface area contributed by atoms with E-state index in [4.69, 9.17) is 0 Å². The van der Waals surface area contributed by atoms with Gasteiger partial charge in [0.15, 0.2) is 0 Å². The lowest BCUT2D eigenvalue weighted by Gasteiger charge is -2.28. The molecule has 128 valence electrons. The van der Waals surface area contributed by atoms with Crippen molar-refractivity contribution < 1.29 is 4.79 Å². The van der Waals surface area contributed by atoms with Gasteiger partial charge in [0.1, 0.15) is 0 Å². The molecule has 0 spiro atoms. The van der Waals surface area contributed by atoms with Gasteiger partial charge >= 0.3 is 6.03 Å². The Bertz CT molecular complexity index is 710. The van der Waals surface area contributed by atoms with Crippen LogP contribution < -0.4 is 5.32 Å². The summed E-state index contributed by atoms with van der Waals surface area (Å²) in [7, 11) is 0. The third kappa shape index (κ3) is 3.61. The number of rotatable bonds is 3. The van der Waals surface area contributed by atoms with E-state index < -0.39 is 0 Å². The van der Waals surface area contributed by atoms with Crippen molar-refractivity contribution in [3.8, 4) is 0 Å². The number of hydrogen-bond acceptors (Lipinski definition) is 3. The topological polar surface area (TPSA) is 45.2 Å². The van der Waals surface area contributed by atoms with Gasteiger partial charge in [-0.3, -0.25) is 4.98 Å². The summed E-state index contributed by atoms with van der Waals surface area (Å²) >= 11 is 1.80. The van der Waals surface area contributed by atoms with E-state index in [1.807, 2.05) is 24.0 Å². The molecule has 0 aliphatic carbocycles. The molecular formula is C19H25N3OS. The zero-order valence-corrected chi connectivity index (χ0v) is 15.4. The smallest absolute Gasteiger partial charge is 0.318 e. The highest BCUT2D eigenvalue weighted by molar-refractivity contribution is 7.10. The van der Waals surface area contributed by atoms with Crippen molar-refractivity contribution in [2.24, 2.45) is 5.92 Å². The van der Waals surface area contributed by atoms with Crippen molar-refractivity contribution >= 4 is 17.4 Å². The highest BCUT2D eigenvalue weighted by Crippen LogP contribution is 2.26. The van der Waals surface area contributed by atoms with Gasteiger partial charge < -0.3 is 10.2 Å². The Labute approximate surface area is 147 Å². The largest absolute Gasteiger partial charge is 0.329 e. The minimum Gasteiger partial charge on any atom is -0.329 e. The van der Waals surface area contributed by atoms with Crippen LogP contribution in [0.4, 0.5) is 4.79 Å². The van der Waals surface area contributed by atoms with Crippen molar-refractivity contribution in [3.05, 3.63) is 51.5 Å². The van der Waals surface area contributed by atoms with Gasteiger partial charge in [-0.2, -0.15) is 0 Å². The normalized spacial score (nSPS) is 15.8. The predicted molar refractivity (Wildman–Crippen MR) is 98.1 cm³/mol. The quantitative estimate of drug-likeness (QED) is 0.903. The van der Waals surface area contributed by atoms with Gasteiger partial charge in [0, 0.05) is 24.2 Å². The van der Waals surface area contributed by atoms with Crippen LogP contribution >= 0.6 is 11.3 Å². The maximum absolute atomic E-state index is 12.9. The van der Waals surface area contributed by atoms with E-state index in [9.17, 15) is 4.79 Å². The maximum atomic E-state index is 12.9. The Morgan fingerprint density at radius 1 is 1.38 bits per heavy atom. The van der Waals surface area contributed by atoms with Crippen molar-refractivity contribution in [3.63, 3.8) is 0 Å². The average Bonchev–Trinajstić information content (AvgIpc) is 2.90. The zero-order valence-electron chi connectivity index (χ0n) is 14.6. The Kier molecular flexibility index (Phi) is 5.19. The number of nitrogens with zero attached hydrogens (tertiary/aromatic N) is 2. The number of fused-ring (bicyclic) bond motifs is 1. The fraction of sp³-hybridized carbons (Fsp3) is 0.474. The van der Waals surface area contributed by atoms with E-state index in [-0.39, 0.29) is 18.0 Å². The number of amides is 2. The summed E-state index contributed by atoms with van der Waals surface area (Å²) in [6.07, 6.45) is 3.90. The molecule has 0 radical (unpaired) electrons.